The zero-order chi connectivity index (χ0) is 26.7. The molecule has 0 saturated heterocycles. The number of likely N-dealkylation sites (N-methyl/N-ethyl adjacent to an activating group) is 1. The van der Waals surface area contributed by atoms with Gasteiger partial charge in [0.25, 0.3) is 0 Å². The fourth-order valence-electron chi connectivity index (χ4n) is 5.09. The number of allylic oxidation sites excluding steroid dienone is 8. The highest BCUT2D eigenvalue weighted by atomic mass is 35.7. The van der Waals surface area contributed by atoms with Gasteiger partial charge in [-0.3, -0.25) is 0 Å². The smallest absolute Gasteiger partial charge is 0.209 e. The quantitative estimate of drug-likeness (QED) is 0.464. The number of benzene rings is 2. The summed E-state index contributed by atoms with van der Waals surface area (Å²) in [6.07, 6.45) is 15.0. The molecule has 0 aliphatic carbocycles. The highest BCUT2D eigenvalue weighted by Gasteiger charge is 2.42. The minimum Gasteiger partial charge on any atom is -0.347 e. The van der Waals surface area contributed by atoms with Gasteiger partial charge in [-0.25, -0.2) is 18.6 Å². The van der Waals surface area contributed by atoms with Gasteiger partial charge in [-0.15, -0.1) is 10.2 Å². The summed E-state index contributed by atoms with van der Waals surface area (Å²) in [6, 6.07) is 17.3. The third kappa shape index (κ3) is 5.86. The standard InChI is InChI=1S/C29H33N2.ClHO4/c1-28(2)22-16-12-14-18-24(22)30(5)26(28)20-10-8-7-9-11-21-27-29(3,4)23-17-13-15-19-25(23)31(27)6;2-1(3,4)5/h7-21H,1-6H3;(H,2,3,4,5)/q+1;/p-1. The average molecular weight is 509 g/mol. The third-order valence-electron chi connectivity index (χ3n) is 6.83. The van der Waals surface area contributed by atoms with Crippen LogP contribution in [0.3, 0.4) is 0 Å². The first kappa shape index (κ1) is 27.6. The molecule has 2 aromatic carbocycles. The molecule has 0 aromatic heterocycles. The zero-order valence-electron chi connectivity index (χ0n) is 21.6. The van der Waals surface area contributed by atoms with E-state index in [1.807, 2.05) is 0 Å². The lowest BCUT2D eigenvalue weighted by Crippen LogP contribution is -2.68. The van der Waals surface area contributed by atoms with Crippen molar-refractivity contribution in [1.29, 1.82) is 0 Å². The predicted octanol–water partition coefficient (Wildman–Crippen LogP) is 1.92. The molecule has 0 atom stereocenters. The van der Waals surface area contributed by atoms with Crippen molar-refractivity contribution in [2.45, 2.75) is 38.5 Å². The van der Waals surface area contributed by atoms with Crippen LogP contribution in [0.25, 0.3) is 0 Å². The summed E-state index contributed by atoms with van der Waals surface area (Å²) in [5.74, 6) is 0. The molecule has 36 heavy (non-hydrogen) atoms. The summed E-state index contributed by atoms with van der Waals surface area (Å²) >= 11 is 0. The van der Waals surface area contributed by atoms with Crippen LogP contribution in [-0.2, 0) is 10.8 Å². The average Bonchev–Trinajstić information content (AvgIpc) is 3.11. The molecule has 4 rings (SSSR count). The van der Waals surface area contributed by atoms with Crippen molar-refractivity contribution in [1.82, 2.24) is 0 Å². The van der Waals surface area contributed by atoms with Crippen molar-refractivity contribution >= 4 is 17.1 Å². The second-order valence-corrected chi connectivity index (χ2v) is 10.6. The number of hydrogen-bond acceptors (Lipinski definition) is 5. The monoisotopic (exact) mass is 508 g/mol. The van der Waals surface area contributed by atoms with E-state index in [1.54, 1.807) is 0 Å². The molecule has 0 N–H and O–H groups in total. The van der Waals surface area contributed by atoms with Crippen molar-refractivity contribution < 1.29 is 33.5 Å². The Morgan fingerprint density at radius 1 is 0.750 bits per heavy atom. The topological polar surface area (TPSA) is 98.5 Å². The number of fused-ring (bicyclic) bond motifs is 2. The predicted molar refractivity (Wildman–Crippen MR) is 134 cm³/mol. The maximum absolute atomic E-state index is 8.49. The van der Waals surface area contributed by atoms with E-state index in [9.17, 15) is 0 Å². The Labute approximate surface area is 215 Å². The van der Waals surface area contributed by atoms with Crippen LogP contribution in [0.2, 0.25) is 0 Å². The Hall–Kier alpha value is -3.00. The van der Waals surface area contributed by atoms with Crippen LogP contribution in [0.4, 0.5) is 11.4 Å². The van der Waals surface area contributed by atoms with Crippen molar-refractivity contribution in [3.8, 4) is 0 Å². The number of nitrogens with zero attached hydrogens (tertiary/aromatic N) is 2. The number of halogens is 1. The molecule has 0 radical (unpaired) electrons. The molecule has 2 aliphatic heterocycles. The lowest BCUT2D eigenvalue weighted by molar-refractivity contribution is -2.00. The highest BCUT2D eigenvalue weighted by molar-refractivity contribution is 6.03. The van der Waals surface area contributed by atoms with Crippen molar-refractivity contribution in [2.24, 2.45) is 0 Å². The molecular formula is C29H33ClN2O4. The lowest BCUT2D eigenvalue weighted by Gasteiger charge is -2.23. The summed E-state index contributed by atoms with van der Waals surface area (Å²) in [5, 5.41) is 0. The SMILES string of the molecule is CN1/C(=C/C=C/C=C\C=C\C2=[N+](C)c3ccccc3C2(C)C)C(C)(C)c2ccccc21.[O-][Cl+3]([O-])([O-])[O-]. The largest absolute Gasteiger partial charge is 0.347 e. The Bertz CT molecular complexity index is 1260. The van der Waals surface area contributed by atoms with E-state index in [4.69, 9.17) is 18.6 Å². The van der Waals surface area contributed by atoms with Crippen molar-refractivity contribution in [3.63, 3.8) is 0 Å². The van der Waals surface area contributed by atoms with Crippen LogP contribution < -0.4 is 23.5 Å². The van der Waals surface area contributed by atoms with Gasteiger partial charge in [0.15, 0.2) is 5.71 Å². The van der Waals surface area contributed by atoms with Crippen LogP contribution in [0.15, 0.2) is 96.8 Å². The number of rotatable bonds is 4. The lowest BCUT2D eigenvalue weighted by atomic mass is 9.81. The molecule has 2 aromatic rings. The Balaban J connectivity index is 0.000000658. The highest BCUT2D eigenvalue weighted by Crippen LogP contribution is 2.46. The van der Waals surface area contributed by atoms with E-state index in [2.05, 4.69) is 142 Å². The van der Waals surface area contributed by atoms with E-state index in [0.29, 0.717) is 0 Å². The van der Waals surface area contributed by atoms with Gasteiger partial charge in [-0.2, -0.15) is 4.58 Å². The molecular weight excluding hydrogens is 476 g/mol. The van der Waals surface area contributed by atoms with Gasteiger partial charge in [0.1, 0.15) is 7.05 Å². The first-order valence-electron chi connectivity index (χ1n) is 11.6. The molecule has 2 aliphatic rings. The number of para-hydroxylation sites is 2. The molecule has 190 valence electrons. The molecule has 2 heterocycles. The molecule has 0 bridgehead atoms. The molecule has 0 saturated carbocycles. The van der Waals surface area contributed by atoms with E-state index < -0.39 is 10.2 Å². The minimum absolute atomic E-state index is 0.0174. The second-order valence-electron chi connectivity index (χ2n) is 9.85. The maximum atomic E-state index is 8.49. The second kappa shape index (κ2) is 10.5. The molecule has 0 fully saturated rings. The minimum atomic E-state index is -4.94. The molecule has 0 unspecified atom stereocenters. The van der Waals surface area contributed by atoms with Gasteiger partial charge in [0.05, 0.1) is 5.41 Å². The molecule has 7 heteroatoms. The van der Waals surface area contributed by atoms with Gasteiger partial charge >= 0.3 is 0 Å². The van der Waals surface area contributed by atoms with E-state index >= 15 is 0 Å². The van der Waals surface area contributed by atoms with Crippen molar-refractivity contribution in [2.75, 3.05) is 19.0 Å². The van der Waals surface area contributed by atoms with E-state index in [-0.39, 0.29) is 10.8 Å². The van der Waals surface area contributed by atoms with E-state index in [0.717, 1.165) is 0 Å². The zero-order valence-corrected chi connectivity index (χ0v) is 22.3. The Morgan fingerprint density at radius 3 is 1.89 bits per heavy atom. The molecule has 6 nitrogen and oxygen atoms in total. The summed E-state index contributed by atoms with van der Waals surface area (Å²) in [6.45, 7) is 9.18. The fourth-order valence-corrected chi connectivity index (χ4v) is 5.09. The first-order chi connectivity index (χ1) is 16.8. The summed E-state index contributed by atoms with van der Waals surface area (Å²) in [7, 11) is -0.637. The normalized spacial score (nSPS) is 19.4. The van der Waals surface area contributed by atoms with Crippen LogP contribution in [0, 0.1) is 10.2 Å². The van der Waals surface area contributed by atoms with Gasteiger partial charge in [-0.1, -0.05) is 80.6 Å². The Kier molecular flexibility index (Phi) is 8.08. The summed E-state index contributed by atoms with van der Waals surface area (Å²) in [4.78, 5) is 2.30. The Morgan fingerprint density at radius 2 is 1.28 bits per heavy atom. The van der Waals surface area contributed by atoms with Gasteiger partial charge in [0, 0.05) is 41.6 Å². The van der Waals surface area contributed by atoms with Crippen LogP contribution in [-0.4, -0.2) is 24.4 Å². The maximum Gasteiger partial charge on any atom is 0.209 e. The van der Waals surface area contributed by atoms with Gasteiger partial charge < -0.3 is 4.90 Å². The van der Waals surface area contributed by atoms with Gasteiger partial charge in [0.2, 0.25) is 5.69 Å². The van der Waals surface area contributed by atoms with Crippen LogP contribution >= 0.6 is 0 Å². The van der Waals surface area contributed by atoms with Crippen molar-refractivity contribution in [3.05, 3.63) is 108 Å². The third-order valence-corrected chi connectivity index (χ3v) is 6.83. The summed E-state index contributed by atoms with van der Waals surface area (Å²) < 4.78 is 36.3. The fraction of sp³-hybridized carbons (Fsp3) is 0.276. The number of anilines is 1. The molecule has 0 spiro atoms. The number of hydrogen-bond donors (Lipinski definition) is 0. The molecule has 0 amide bonds. The summed E-state index contributed by atoms with van der Waals surface area (Å²) in [5.41, 5.74) is 8.04. The van der Waals surface area contributed by atoms with Crippen LogP contribution in [0.1, 0.15) is 38.8 Å². The van der Waals surface area contributed by atoms with E-state index in [1.165, 1.54) is 33.9 Å². The van der Waals surface area contributed by atoms with Gasteiger partial charge in [-0.05, 0) is 31.6 Å². The van der Waals surface area contributed by atoms with Crippen LogP contribution in [0.5, 0.6) is 0 Å². The first-order valence-corrected chi connectivity index (χ1v) is 12.9.